The van der Waals surface area contributed by atoms with Crippen molar-refractivity contribution >= 4 is 6.16 Å². The number of hydrogen-bond donors (Lipinski definition) is 1. The largest absolute Gasteiger partial charge is 0.513 e. The molecular formula is C16H20O4. The molecule has 0 aromatic carbocycles. The second kappa shape index (κ2) is 9.67. The third-order valence-corrected chi connectivity index (χ3v) is 2.44. The number of allylic oxidation sites excluding steroid dienone is 6. The van der Waals surface area contributed by atoms with Crippen LogP contribution < -0.4 is 4.74 Å². The maximum absolute atomic E-state index is 10.3. The van der Waals surface area contributed by atoms with Crippen molar-refractivity contribution in [2.75, 3.05) is 0 Å². The number of aryl methyl sites for hydroxylation is 1. The molecule has 1 heterocycles. The number of unbranched alkanes of at least 4 members (excludes halogenated alkanes) is 1. The lowest BCUT2D eigenvalue weighted by atomic mass is 10.2. The lowest BCUT2D eigenvalue weighted by Crippen LogP contribution is -2.01. The van der Waals surface area contributed by atoms with Gasteiger partial charge in [0.05, 0.1) is 0 Å². The maximum atomic E-state index is 10.3. The van der Waals surface area contributed by atoms with Gasteiger partial charge in [-0.3, -0.25) is 0 Å². The first-order valence-electron chi connectivity index (χ1n) is 6.70. The smallest absolute Gasteiger partial charge is 0.449 e. The Morgan fingerprint density at radius 2 is 1.90 bits per heavy atom. The van der Waals surface area contributed by atoms with Crippen molar-refractivity contribution < 1.29 is 19.1 Å². The molecule has 0 saturated heterocycles. The van der Waals surface area contributed by atoms with Crippen molar-refractivity contribution in [2.45, 2.75) is 32.6 Å². The van der Waals surface area contributed by atoms with Crippen LogP contribution in [0.25, 0.3) is 0 Å². The van der Waals surface area contributed by atoms with Crippen LogP contribution in [-0.4, -0.2) is 11.3 Å². The molecular weight excluding hydrogens is 256 g/mol. The van der Waals surface area contributed by atoms with E-state index in [1.807, 2.05) is 30.4 Å². The third-order valence-electron chi connectivity index (χ3n) is 2.44. The van der Waals surface area contributed by atoms with Gasteiger partial charge >= 0.3 is 6.16 Å². The zero-order chi connectivity index (χ0) is 14.6. The first kappa shape index (κ1) is 15.8. The van der Waals surface area contributed by atoms with Crippen LogP contribution in [-0.2, 0) is 6.42 Å². The van der Waals surface area contributed by atoms with Crippen molar-refractivity contribution in [2.24, 2.45) is 0 Å². The molecule has 1 aromatic heterocycles. The first-order chi connectivity index (χ1) is 9.72. The van der Waals surface area contributed by atoms with Crippen LogP contribution in [0.5, 0.6) is 5.95 Å². The van der Waals surface area contributed by atoms with Gasteiger partial charge in [0, 0.05) is 12.5 Å². The molecule has 0 radical (unpaired) electrons. The van der Waals surface area contributed by atoms with E-state index in [0.29, 0.717) is 12.2 Å². The average Bonchev–Trinajstić information content (AvgIpc) is 2.83. The van der Waals surface area contributed by atoms with Crippen LogP contribution in [0.3, 0.4) is 0 Å². The Kier molecular flexibility index (Phi) is 7.65. The van der Waals surface area contributed by atoms with E-state index in [9.17, 15) is 4.79 Å². The zero-order valence-electron chi connectivity index (χ0n) is 11.6. The molecule has 0 aliphatic carbocycles. The second-order valence-corrected chi connectivity index (χ2v) is 4.16. The van der Waals surface area contributed by atoms with Gasteiger partial charge in [0.1, 0.15) is 5.76 Å². The van der Waals surface area contributed by atoms with E-state index in [4.69, 9.17) is 9.52 Å². The Labute approximate surface area is 119 Å². The lowest BCUT2D eigenvalue weighted by Gasteiger charge is -1.93. The van der Waals surface area contributed by atoms with E-state index in [2.05, 4.69) is 17.7 Å². The molecule has 0 atom stereocenters. The average molecular weight is 276 g/mol. The molecule has 1 rings (SSSR count). The fraction of sp³-hybridized carbons (Fsp3) is 0.312. The fourth-order valence-electron chi connectivity index (χ4n) is 1.50. The molecule has 108 valence electrons. The van der Waals surface area contributed by atoms with Crippen molar-refractivity contribution in [3.8, 4) is 5.95 Å². The first-order valence-corrected chi connectivity index (χ1v) is 6.70. The number of hydrogen-bond acceptors (Lipinski definition) is 3. The van der Waals surface area contributed by atoms with E-state index in [1.165, 1.54) is 6.07 Å². The summed E-state index contributed by atoms with van der Waals surface area (Å²) in [6.45, 7) is 2.15. The quantitative estimate of drug-likeness (QED) is 0.550. The topological polar surface area (TPSA) is 59.7 Å². The molecule has 4 nitrogen and oxygen atoms in total. The van der Waals surface area contributed by atoms with Gasteiger partial charge in [0.15, 0.2) is 0 Å². The molecule has 0 aliphatic heterocycles. The Hall–Kier alpha value is -2.23. The predicted molar refractivity (Wildman–Crippen MR) is 78.0 cm³/mol. The van der Waals surface area contributed by atoms with E-state index >= 15 is 0 Å². The van der Waals surface area contributed by atoms with Crippen LogP contribution in [0.4, 0.5) is 4.79 Å². The maximum Gasteiger partial charge on any atom is 0.513 e. The highest BCUT2D eigenvalue weighted by Crippen LogP contribution is 2.17. The highest BCUT2D eigenvalue weighted by atomic mass is 16.7. The van der Waals surface area contributed by atoms with Crippen molar-refractivity contribution in [3.05, 3.63) is 54.3 Å². The Balaban J connectivity index is 2.23. The highest BCUT2D eigenvalue weighted by Gasteiger charge is 2.05. The van der Waals surface area contributed by atoms with Crippen molar-refractivity contribution in [1.29, 1.82) is 0 Å². The molecule has 0 amide bonds. The Morgan fingerprint density at radius 3 is 2.55 bits per heavy atom. The van der Waals surface area contributed by atoms with Crippen LogP contribution >= 0.6 is 0 Å². The fourth-order valence-corrected chi connectivity index (χ4v) is 1.50. The van der Waals surface area contributed by atoms with E-state index < -0.39 is 6.16 Å². The van der Waals surface area contributed by atoms with Gasteiger partial charge in [0.25, 0.3) is 5.95 Å². The number of furan rings is 1. The standard InChI is InChI=1S/C16H20O4/c1-2-3-4-5-6-7-8-9-10-11-14-12-13-15(19-14)20-16(17)18/h4-9,12-13H,2-3,10-11H2,1H3,(H,17,18)/b5-4+,7-6+,9-8+. The zero-order valence-corrected chi connectivity index (χ0v) is 11.6. The molecule has 0 saturated carbocycles. The molecule has 4 heteroatoms. The summed E-state index contributed by atoms with van der Waals surface area (Å²) < 4.78 is 9.60. The summed E-state index contributed by atoms with van der Waals surface area (Å²) in [5.41, 5.74) is 0. The summed E-state index contributed by atoms with van der Waals surface area (Å²) in [5, 5.41) is 8.42. The summed E-state index contributed by atoms with van der Waals surface area (Å²) in [7, 11) is 0. The summed E-state index contributed by atoms with van der Waals surface area (Å²) in [4.78, 5) is 10.3. The van der Waals surface area contributed by atoms with Gasteiger partial charge in [-0.1, -0.05) is 49.8 Å². The van der Waals surface area contributed by atoms with Crippen LogP contribution in [0, 0.1) is 0 Å². The molecule has 1 aromatic rings. The van der Waals surface area contributed by atoms with Crippen molar-refractivity contribution in [3.63, 3.8) is 0 Å². The van der Waals surface area contributed by atoms with Gasteiger partial charge in [-0.2, -0.15) is 0 Å². The minimum atomic E-state index is -1.37. The summed E-state index contributed by atoms with van der Waals surface area (Å²) in [6.07, 6.45) is 14.6. The number of rotatable bonds is 8. The summed E-state index contributed by atoms with van der Waals surface area (Å²) in [6, 6.07) is 3.22. The van der Waals surface area contributed by atoms with Gasteiger partial charge < -0.3 is 14.3 Å². The summed E-state index contributed by atoms with van der Waals surface area (Å²) >= 11 is 0. The molecule has 20 heavy (non-hydrogen) atoms. The van der Waals surface area contributed by atoms with Gasteiger partial charge in [-0.25, -0.2) is 4.79 Å². The van der Waals surface area contributed by atoms with Gasteiger partial charge in [0.2, 0.25) is 0 Å². The number of carbonyl (C=O) groups is 1. The highest BCUT2D eigenvalue weighted by molar-refractivity contribution is 5.59. The Bertz CT molecular complexity index is 480. The van der Waals surface area contributed by atoms with E-state index in [-0.39, 0.29) is 5.95 Å². The molecule has 0 spiro atoms. The molecule has 1 N–H and O–H groups in total. The molecule has 0 unspecified atom stereocenters. The number of ether oxygens (including phenoxy) is 1. The van der Waals surface area contributed by atoms with Crippen LogP contribution in [0.2, 0.25) is 0 Å². The molecule has 0 fully saturated rings. The van der Waals surface area contributed by atoms with Crippen molar-refractivity contribution in [1.82, 2.24) is 0 Å². The Morgan fingerprint density at radius 1 is 1.20 bits per heavy atom. The predicted octanol–water partition coefficient (Wildman–Crippen LogP) is 4.74. The monoisotopic (exact) mass is 276 g/mol. The van der Waals surface area contributed by atoms with Crippen LogP contribution in [0.15, 0.2) is 53.0 Å². The van der Waals surface area contributed by atoms with Crippen LogP contribution in [0.1, 0.15) is 31.9 Å². The van der Waals surface area contributed by atoms with E-state index in [0.717, 1.165) is 19.3 Å². The van der Waals surface area contributed by atoms with Gasteiger partial charge in [-0.15, -0.1) is 0 Å². The minimum absolute atomic E-state index is 0.0115. The minimum Gasteiger partial charge on any atom is -0.449 e. The van der Waals surface area contributed by atoms with Gasteiger partial charge in [-0.05, 0) is 18.9 Å². The third kappa shape index (κ3) is 7.26. The summed E-state index contributed by atoms with van der Waals surface area (Å²) in [5.74, 6) is 0.718. The SMILES string of the molecule is CCC/C=C/C=C/C=C/CCc1ccc(OC(=O)O)o1. The lowest BCUT2D eigenvalue weighted by molar-refractivity contribution is 0.132. The van der Waals surface area contributed by atoms with E-state index in [1.54, 1.807) is 6.07 Å². The second-order valence-electron chi connectivity index (χ2n) is 4.16. The molecule has 0 aliphatic rings. The number of carboxylic acid groups (broad SMARTS) is 1. The molecule has 0 bridgehead atoms. The normalized spacial score (nSPS) is 11.8.